The summed E-state index contributed by atoms with van der Waals surface area (Å²) in [5.41, 5.74) is 0. The van der Waals surface area contributed by atoms with Crippen LogP contribution in [0.2, 0.25) is 0 Å². The van der Waals surface area contributed by atoms with Gasteiger partial charge in [0.2, 0.25) is 0 Å². The average Bonchev–Trinajstić information content (AvgIpc) is 2.30. The maximum Gasteiger partial charge on any atom is 0.133 e. The minimum Gasteiger partial charge on any atom is -0.300 e. The van der Waals surface area contributed by atoms with Crippen LogP contribution in [-0.4, -0.2) is 5.78 Å². The van der Waals surface area contributed by atoms with Crippen LogP contribution in [-0.2, 0) is 4.79 Å². The van der Waals surface area contributed by atoms with Gasteiger partial charge >= 0.3 is 0 Å². The van der Waals surface area contributed by atoms with Crippen LogP contribution in [0.3, 0.4) is 0 Å². The number of hydrogen-bond donors (Lipinski definition) is 0. The Labute approximate surface area is 107 Å². The van der Waals surface area contributed by atoms with E-state index in [0.717, 1.165) is 25.2 Å². The first kappa shape index (κ1) is 14.7. The SMILES string of the molecule is CC1CCCCCCCCCCC(=O)CC1C. The first-order chi connectivity index (χ1) is 8.20. The van der Waals surface area contributed by atoms with Crippen LogP contribution >= 0.6 is 0 Å². The zero-order valence-electron chi connectivity index (χ0n) is 11.8. The van der Waals surface area contributed by atoms with Gasteiger partial charge in [-0.15, -0.1) is 0 Å². The van der Waals surface area contributed by atoms with Gasteiger partial charge in [-0.1, -0.05) is 65.2 Å². The Morgan fingerprint density at radius 2 is 1.29 bits per heavy atom. The summed E-state index contributed by atoms with van der Waals surface area (Å²) in [5.74, 6) is 1.81. The van der Waals surface area contributed by atoms with E-state index in [2.05, 4.69) is 13.8 Å². The molecule has 0 aliphatic heterocycles. The molecule has 1 aliphatic carbocycles. The number of carbonyl (C=O) groups is 1. The van der Waals surface area contributed by atoms with E-state index in [1.54, 1.807) is 0 Å². The van der Waals surface area contributed by atoms with Crippen LogP contribution in [0.25, 0.3) is 0 Å². The van der Waals surface area contributed by atoms with Crippen molar-refractivity contribution < 1.29 is 4.79 Å². The standard InChI is InChI=1S/C16H30O/c1-14-11-9-7-5-3-4-6-8-10-12-16(17)13-15(14)2/h14-15H,3-13H2,1-2H3. The minimum atomic E-state index is 0.501. The number of Topliss-reactive ketones (excluding diaryl/α,β-unsaturated/α-hetero) is 1. The van der Waals surface area contributed by atoms with Gasteiger partial charge in [-0.05, 0) is 18.3 Å². The summed E-state index contributed by atoms with van der Waals surface area (Å²) in [6.07, 6.45) is 13.6. The van der Waals surface area contributed by atoms with Gasteiger partial charge in [0.05, 0.1) is 0 Å². The fraction of sp³-hybridized carbons (Fsp3) is 0.938. The molecule has 100 valence electrons. The highest BCUT2D eigenvalue weighted by molar-refractivity contribution is 5.78. The smallest absolute Gasteiger partial charge is 0.133 e. The van der Waals surface area contributed by atoms with Crippen molar-refractivity contribution >= 4 is 5.78 Å². The largest absolute Gasteiger partial charge is 0.300 e. The molecule has 1 rings (SSSR count). The molecule has 0 spiro atoms. The van der Waals surface area contributed by atoms with E-state index in [-0.39, 0.29) is 0 Å². The van der Waals surface area contributed by atoms with Gasteiger partial charge < -0.3 is 0 Å². The molecule has 0 aromatic carbocycles. The van der Waals surface area contributed by atoms with Crippen molar-refractivity contribution in [2.24, 2.45) is 11.8 Å². The summed E-state index contributed by atoms with van der Waals surface area (Å²) in [6.45, 7) is 4.58. The van der Waals surface area contributed by atoms with Crippen LogP contribution < -0.4 is 0 Å². The summed E-state index contributed by atoms with van der Waals surface area (Å²) < 4.78 is 0. The summed E-state index contributed by atoms with van der Waals surface area (Å²) in [7, 11) is 0. The van der Waals surface area contributed by atoms with Crippen molar-refractivity contribution in [3.63, 3.8) is 0 Å². The minimum absolute atomic E-state index is 0.501. The predicted molar refractivity (Wildman–Crippen MR) is 74.1 cm³/mol. The molecular formula is C16H30O. The Morgan fingerprint density at radius 3 is 1.94 bits per heavy atom. The molecule has 17 heavy (non-hydrogen) atoms. The Morgan fingerprint density at radius 1 is 0.765 bits per heavy atom. The molecule has 2 atom stereocenters. The molecule has 0 radical (unpaired) electrons. The molecule has 1 saturated carbocycles. The zero-order chi connectivity index (χ0) is 12.5. The molecule has 1 nitrogen and oxygen atoms in total. The van der Waals surface area contributed by atoms with E-state index >= 15 is 0 Å². The van der Waals surface area contributed by atoms with Crippen LogP contribution in [0, 0.1) is 11.8 Å². The summed E-state index contributed by atoms with van der Waals surface area (Å²) >= 11 is 0. The Hall–Kier alpha value is -0.330. The molecule has 1 heteroatoms. The monoisotopic (exact) mass is 238 g/mol. The van der Waals surface area contributed by atoms with E-state index in [1.165, 1.54) is 51.4 Å². The number of rotatable bonds is 0. The molecule has 0 bridgehead atoms. The predicted octanol–water partition coefficient (Wildman–Crippen LogP) is 5.13. The van der Waals surface area contributed by atoms with E-state index in [1.807, 2.05) is 0 Å². The topological polar surface area (TPSA) is 17.1 Å². The summed E-state index contributed by atoms with van der Waals surface area (Å²) in [6, 6.07) is 0. The second-order valence-electron chi connectivity index (χ2n) is 6.06. The van der Waals surface area contributed by atoms with Gasteiger partial charge in [-0.25, -0.2) is 0 Å². The molecule has 0 aromatic heterocycles. The van der Waals surface area contributed by atoms with Gasteiger partial charge in [0.15, 0.2) is 0 Å². The summed E-state index contributed by atoms with van der Waals surface area (Å²) in [4.78, 5) is 11.8. The average molecular weight is 238 g/mol. The first-order valence-corrected chi connectivity index (χ1v) is 7.72. The normalized spacial score (nSPS) is 30.8. The number of carbonyl (C=O) groups excluding carboxylic acids is 1. The third-order valence-corrected chi connectivity index (χ3v) is 4.39. The van der Waals surface area contributed by atoms with Crippen molar-refractivity contribution in [3.05, 3.63) is 0 Å². The van der Waals surface area contributed by atoms with Crippen LogP contribution in [0.15, 0.2) is 0 Å². The van der Waals surface area contributed by atoms with E-state index in [4.69, 9.17) is 0 Å². The highest BCUT2D eigenvalue weighted by Gasteiger charge is 2.15. The van der Waals surface area contributed by atoms with Crippen molar-refractivity contribution in [1.29, 1.82) is 0 Å². The fourth-order valence-corrected chi connectivity index (χ4v) is 2.80. The maximum absolute atomic E-state index is 11.8. The van der Waals surface area contributed by atoms with Crippen molar-refractivity contribution in [3.8, 4) is 0 Å². The van der Waals surface area contributed by atoms with Crippen molar-refractivity contribution in [1.82, 2.24) is 0 Å². The molecule has 0 saturated heterocycles. The third-order valence-electron chi connectivity index (χ3n) is 4.39. The summed E-state index contributed by atoms with van der Waals surface area (Å²) in [5, 5.41) is 0. The highest BCUT2D eigenvalue weighted by atomic mass is 16.1. The highest BCUT2D eigenvalue weighted by Crippen LogP contribution is 2.23. The maximum atomic E-state index is 11.8. The van der Waals surface area contributed by atoms with Gasteiger partial charge in [0.25, 0.3) is 0 Å². The molecule has 2 unspecified atom stereocenters. The third kappa shape index (κ3) is 6.85. The molecule has 1 aliphatic rings. The first-order valence-electron chi connectivity index (χ1n) is 7.72. The lowest BCUT2D eigenvalue weighted by Gasteiger charge is -2.19. The van der Waals surface area contributed by atoms with Gasteiger partial charge in [0.1, 0.15) is 5.78 Å². The Bertz CT molecular complexity index is 210. The molecule has 0 aromatic rings. The van der Waals surface area contributed by atoms with E-state index < -0.39 is 0 Å². The van der Waals surface area contributed by atoms with Gasteiger partial charge in [0, 0.05) is 12.8 Å². The molecule has 0 N–H and O–H groups in total. The quantitative estimate of drug-likeness (QED) is 0.571. The van der Waals surface area contributed by atoms with Crippen LogP contribution in [0.1, 0.15) is 84.5 Å². The molecular weight excluding hydrogens is 208 g/mol. The van der Waals surface area contributed by atoms with E-state index in [9.17, 15) is 4.79 Å². The molecule has 0 amide bonds. The lowest BCUT2D eigenvalue weighted by Crippen LogP contribution is -2.13. The number of ketones is 1. The lowest BCUT2D eigenvalue weighted by atomic mass is 9.86. The van der Waals surface area contributed by atoms with E-state index in [0.29, 0.717) is 11.7 Å². The van der Waals surface area contributed by atoms with Crippen LogP contribution in [0.4, 0.5) is 0 Å². The lowest BCUT2D eigenvalue weighted by molar-refractivity contribution is -0.120. The van der Waals surface area contributed by atoms with Gasteiger partial charge in [-0.2, -0.15) is 0 Å². The van der Waals surface area contributed by atoms with Crippen LogP contribution in [0.5, 0.6) is 0 Å². The van der Waals surface area contributed by atoms with Gasteiger partial charge in [-0.3, -0.25) is 4.79 Å². The van der Waals surface area contributed by atoms with Crippen molar-refractivity contribution in [2.75, 3.05) is 0 Å². The zero-order valence-corrected chi connectivity index (χ0v) is 11.8. The second kappa shape index (κ2) is 8.72. The second-order valence-corrected chi connectivity index (χ2v) is 6.06. The fourth-order valence-electron chi connectivity index (χ4n) is 2.80. The Kier molecular flexibility index (Phi) is 7.55. The Balaban J connectivity index is 2.35. The number of hydrogen-bond acceptors (Lipinski definition) is 1. The van der Waals surface area contributed by atoms with Crippen molar-refractivity contribution in [2.45, 2.75) is 84.5 Å². The molecule has 0 heterocycles. The molecule has 1 fully saturated rings.